The lowest BCUT2D eigenvalue weighted by Crippen LogP contribution is -2.45. The van der Waals surface area contributed by atoms with Gasteiger partial charge in [-0.25, -0.2) is 0 Å². The summed E-state index contributed by atoms with van der Waals surface area (Å²) in [6, 6.07) is 0. The van der Waals surface area contributed by atoms with Crippen molar-refractivity contribution in [3.8, 4) is 0 Å². The summed E-state index contributed by atoms with van der Waals surface area (Å²) in [5.41, 5.74) is 4.80. The fourth-order valence-corrected chi connectivity index (χ4v) is 2.41. The van der Waals surface area contributed by atoms with Crippen LogP contribution in [-0.2, 0) is 4.74 Å². The number of nitrogens with zero attached hydrogens (tertiary/aromatic N) is 1. The van der Waals surface area contributed by atoms with Crippen LogP contribution in [0.1, 0.15) is 40.0 Å². The van der Waals surface area contributed by atoms with E-state index in [2.05, 4.69) is 18.7 Å². The van der Waals surface area contributed by atoms with Gasteiger partial charge < -0.3 is 15.6 Å². The van der Waals surface area contributed by atoms with E-state index < -0.39 is 5.60 Å². The Morgan fingerprint density at radius 3 is 2.41 bits per heavy atom. The molecule has 1 heterocycles. The van der Waals surface area contributed by atoms with Crippen LogP contribution in [0.4, 0.5) is 0 Å². The van der Waals surface area contributed by atoms with E-state index in [1.165, 1.54) is 0 Å². The molecule has 0 radical (unpaired) electrons. The molecule has 0 spiro atoms. The maximum Gasteiger partial charge on any atom is 0.0741 e. The summed E-state index contributed by atoms with van der Waals surface area (Å²) >= 11 is 0. The van der Waals surface area contributed by atoms with Crippen molar-refractivity contribution in [3.05, 3.63) is 0 Å². The molecule has 1 aliphatic rings. The number of morpholine rings is 1. The quantitative estimate of drug-likeness (QED) is 0.684. The van der Waals surface area contributed by atoms with E-state index in [4.69, 9.17) is 10.5 Å². The Kier molecular flexibility index (Phi) is 5.86. The number of rotatable bonds is 6. The second-order valence-electron chi connectivity index (χ2n) is 5.68. The molecule has 3 atom stereocenters. The number of hydrogen-bond acceptors (Lipinski definition) is 4. The third-order valence-corrected chi connectivity index (χ3v) is 3.37. The van der Waals surface area contributed by atoms with Crippen LogP contribution in [0.25, 0.3) is 0 Å². The first-order valence-corrected chi connectivity index (χ1v) is 6.73. The smallest absolute Gasteiger partial charge is 0.0741 e. The van der Waals surface area contributed by atoms with Crippen LogP contribution in [0.5, 0.6) is 0 Å². The van der Waals surface area contributed by atoms with Gasteiger partial charge in [-0.2, -0.15) is 0 Å². The van der Waals surface area contributed by atoms with Gasteiger partial charge in [0.25, 0.3) is 0 Å². The second-order valence-corrected chi connectivity index (χ2v) is 5.68. The fourth-order valence-electron chi connectivity index (χ4n) is 2.41. The zero-order valence-corrected chi connectivity index (χ0v) is 11.5. The first-order valence-electron chi connectivity index (χ1n) is 6.73. The lowest BCUT2D eigenvalue weighted by atomic mass is 9.99. The third-order valence-electron chi connectivity index (χ3n) is 3.37. The van der Waals surface area contributed by atoms with Gasteiger partial charge in [-0.1, -0.05) is 0 Å². The topological polar surface area (TPSA) is 58.7 Å². The van der Waals surface area contributed by atoms with E-state index in [0.717, 1.165) is 38.9 Å². The van der Waals surface area contributed by atoms with Crippen LogP contribution in [0.2, 0.25) is 0 Å². The summed E-state index contributed by atoms with van der Waals surface area (Å²) in [6.45, 7) is 9.56. The van der Waals surface area contributed by atoms with E-state index in [1.54, 1.807) is 0 Å². The molecule has 1 rings (SSSR count). The molecular weight excluding hydrogens is 216 g/mol. The Hall–Kier alpha value is -0.160. The molecule has 102 valence electrons. The van der Waals surface area contributed by atoms with Crippen molar-refractivity contribution >= 4 is 0 Å². The van der Waals surface area contributed by atoms with Gasteiger partial charge in [0, 0.05) is 19.6 Å². The summed E-state index contributed by atoms with van der Waals surface area (Å²) in [7, 11) is 0. The first kappa shape index (κ1) is 14.9. The summed E-state index contributed by atoms with van der Waals surface area (Å²) < 4.78 is 5.70. The van der Waals surface area contributed by atoms with Crippen molar-refractivity contribution in [2.75, 3.05) is 26.2 Å². The van der Waals surface area contributed by atoms with Gasteiger partial charge in [0.1, 0.15) is 0 Å². The summed E-state index contributed by atoms with van der Waals surface area (Å²) in [6.07, 6.45) is 3.62. The van der Waals surface area contributed by atoms with E-state index in [0.29, 0.717) is 18.8 Å². The highest BCUT2D eigenvalue weighted by atomic mass is 16.5. The molecular formula is C13H28N2O2. The average Bonchev–Trinajstić information content (AvgIpc) is 2.23. The molecule has 4 nitrogen and oxygen atoms in total. The van der Waals surface area contributed by atoms with Gasteiger partial charge >= 0.3 is 0 Å². The van der Waals surface area contributed by atoms with Crippen molar-refractivity contribution in [1.82, 2.24) is 4.90 Å². The van der Waals surface area contributed by atoms with Crippen LogP contribution >= 0.6 is 0 Å². The summed E-state index contributed by atoms with van der Waals surface area (Å²) in [4.78, 5) is 2.45. The van der Waals surface area contributed by atoms with Crippen LogP contribution < -0.4 is 5.73 Å². The molecule has 0 amide bonds. The minimum absolute atomic E-state index is 0.339. The Labute approximate surface area is 105 Å². The fraction of sp³-hybridized carbons (Fsp3) is 1.00. The minimum Gasteiger partial charge on any atom is -0.389 e. The number of hydrogen-bond donors (Lipinski definition) is 2. The maximum absolute atomic E-state index is 9.79. The van der Waals surface area contributed by atoms with Crippen LogP contribution in [0.15, 0.2) is 0 Å². The molecule has 1 fully saturated rings. The zero-order valence-electron chi connectivity index (χ0n) is 11.5. The van der Waals surface area contributed by atoms with Crippen molar-refractivity contribution < 1.29 is 9.84 Å². The molecule has 0 aromatic carbocycles. The molecule has 1 aliphatic heterocycles. The predicted octanol–water partition coefficient (Wildman–Crippen LogP) is 0.976. The van der Waals surface area contributed by atoms with E-state index >= 15 is 0 Å². The molecule has 4 heteroatoms. The van der Waals surface area contributed by atoms with Crippen LogP contribution in [0, 0.1) is 0 Å². The van der Waals surface area contributed by atoms with Gasteiger partial charge in [0.15, 0.2) is 0 Å². The van der Waals surface area contributed by atoms with Crippen molar-refractivity contribution in [1.29, 1.82) is 0 Å². The van der Waals surface area contributed by atoms with Crippen molar-refractivity contribution in [3.63, 3.8) is 0 Å². The summed E-state index contributed by atoms with van der Waals surface area (Å²) in [5, 5.41) is 9.79. The maximum atomic E-state index is 9.79. The molecule has 3 unspecified atom stereocenters. The van der Waals surface area contributed by atoms with Crippen LogP contribution in [-0.4, -0.2) is 54.0 Å². The van der Waals surface area contributed by atoms with E-state index in [1.807, 2.05) is 6.92 Å². The first-order chi connectivity index (χ1) is 7.93. The lowest BCUT2D eigenvalue weighted by molar-refractivity contribution is -0.0684. The highest BCUT2D eigenvalue weighted by Crippen LogP contribution is 2.14. The minimum atomic E-state index is -0.689. The Bertz CT molecular complexity index is 211. The standard InChI is InChI=1S/C13H28N2O2/c1-11-8-15(9-12(2)17-11)7-5-4-6-13(3,16)10-14/h11-12,16H,4-10,14H2,1-3H3. The van der Waals surface area contributed by atoms with Gasteiger partial charge in [-0.05, 0) is 46.6 Å². The Morgan fingerprint density at radius 1 is 1.29 bits per heavy atom. The zero-order chi connectivity index (χ0) is 12.9. The Balaban J connectivity index is 2.14. The molecule has 0 aromatic rings. The van der Waals surface area contributed by atoms with Gasteiger partial charge in [-0.3, -0.25) is 4.90 Å². The molecule has 1 saturated heterocycles. The molecule has 3 N–H and O–H groups in total. The van der Waals surface area contributed by atoms with Gasteiger partial charge in [0.05, 0.1) is 17.8 Å². The highest BCUT2D eigenvalue weighted by molar-refractivity contribution is 4.75. The Morgan fingerprint density at radius 2 is 1.88 bits per heavy atom. The monoisotopic (exact) mass is 244 g/mol. The van der Waals surface area contributed by atoms with Crippen molar-refractivity contribution in [2.45, 2.75) is 57.8 Å². The van der Waals surface area contributed by atoms with E-state index in [-0.39, 0.29) is 0 Å². The molecule has 17 heavy (non-hydrogen) atoms. The lowest BCUT2D eigenvalue weighted by Gasteiger charge is -2.35. The van der Waals surface area contributed by atoms with Crippen LogP contribution in [0.3, 0.4) is 0 Å². The predicted molar refractivity (Wildman–Crippen MR) is 70.0 cm³/mol. The number of nitrogens with two attached hydrogens (primary N) is 1. The number of ether oxygens (including phenoxy) is 1. The number of aliphatic hydroxyl groups is 1. The third kappa shape index (κ3) is 5.82. The van der Waals surface area contributed by atoms with Gasteiger partial charge in [-0.15, -0.1) is 0 Å². The van der Waals surface area contributed by atoms with Gasteiger partial charge in [0.2, 0.25) is 0 Å². The average molecular weight is 244 g/mol. The molecule has 0 aromatic heterocycles. The largest absolute Gasteiger partial charge is 0.389 e. The van der Waals surface area contributed by atoms with E-state index in [9.17, 15) is 5.11 Å². The second kappa shape index (κ2) is 6.69. The molecule has 0 bridgehead atoms. The highest BCUT2D eigenvalue weighted by Gasteiger charge is 2.22. The molecule has 0 saturated carbocycles. The number of unbranched alkanes of at least 4 members (excludes halogenated alkanes) is 1. The van der Waals surface area contributed by atoms with Crippen molar-refractivity contribution in [2.24, 2.45) is 5.73 Å². The molecule has 0 aliphatic carbocycles. The SMILES string of the molecule is CC1CN(CCCCC(C)(O)CN)CC(C)O1. The summed E-state index contributed by atoms with van der Waals surface area (Å²) in [5.74, 6) is 0. The normalized spacial score (nSPS) is 30.2.